The number of hydrogen-bond donors (Lipinski definition) is 1. The molecule has 0 atom stereocenters. The average Bonchev–Trinajstić information content (AvgIpc) is 2.55. The van der Waals surface area contributed by atoms with Gasteiger partial charge in [0.05, 0.1) is 5.02 Å². The molecule has 0 heterocycles. The Bertz CT molecular complexity index is 752. The highest BCUT2D eigenvalue weighted by Crippen LogP contribution is 2.19. The number of anilines is 1. The van der Waals surface area contributed by atoms with Gasteiger partial charge in [0.2, 0.25) is 0 Å². The van der Waals surface area contributed by atoms with E-state index in [1.165, 1.54) is 18.2 Å². The molecule has 1 N–H and O–H groups in total. The fraction of sp³-hybridized carbons (Fsp3) is 0.176. The van der Waals surface area contributed by atoms with E-state index in [0.717, 1.165) is 6.07 Å². The molecule has 0 unspecified atom stereocenters. The van der Waals surface area contributed by atoms with E-state index in [-0.39, 0.29) is 23.6 Å². The molecule has 24 heavy (non-hydrogen) atoms. The largest absolute Gasteiger partial charge is 0.456 e. The summed E-state index contributed by atoms with van der Waals surface area (Å²) in [6.45, 7) is -0.495. The summed E-state index contributed by atoms with van der Waals surface area (Å²) >= 11 is 5.59. The standard InChI is InChI=1S/C17H14ClF2NO3/c18-13-9-12(6-7-15(13)20)21-16(22)10-24-17(23)8-5-11-3-1-2-4-14(11)19/h1-4,6-7,9H,5,8,10H2,(H,21,22). The van der Waals surface area contributed by atoms with Crippen LogP contribution in [-0.4, -0.2) is 18.5 Å². The molecule has 126 valence electrons. The molecule has 0 bridgehead atoms. The van der Waals surface area contributed by atoms with Gasteiger partial charge in [0.15, 0.2) is 6.61 Å². The van der Waals surface area contributed by atoms with Gasteiger partial charge in [-0.15, -0.1) is 0 Å². The number of carbonyl (C=O) groups excluding carboxylic acids is 2. The van der Waals surface area contributed by atoms with Gasteiger partial charge in [0.1, 0.15) is 11.6 Å². The minimum atomic E-state index is -0.620. The van der Waals surface area contributed by atoms with Gasteiger partial charge in [-0.2, -0.15) is 0 Å². The smallest absolute Gasteiger partial charge is 0.306 e. The Morgan fingerprint density at radius 1 is 1.08 bits per heavy atom. The highest BCUT2D eigenvalue weighted by molar-refractivity contribution is 6.31. The summed E-state index contributed by atoms with van der Waals surface area (Å²) in [5.41, 5.74) is 0.689. The first-order chi connectivity index (χ1) is 11.5. The van der Waals surface area contributed by atoms with Crippen LogP contribution < -0.4 is 5.32 Å². The van der Waals surface area contributed by atoms with Crippen molar-refractivity contribution in [3.8, 4) is 0 Å². The number of halogens is 3. The Morgan fingerprint density at radius 3 is 2.54 bits per heavy atom. The summed E-state index contributed by atoms with van der Waals surface area (Å²) in [5, 5.41) is 2.29. The lowest BCUT2D eigenvalue weighted by Crippen LogP contribution is -2.21. The van der Waals surface area contributed by atoms with Gasteiger partial charge in [-0.05, 0) is 36.2 Å². The average molecular weight is 354 g/mol. The third-order valence-corrected chi connectivity index (χ3v) is 3.41. The van der Waals surface area contributed by atoms with Crippen molar-refractivity contribution in [2.45, 2.75) is 12.8 Å². The van der Waals surface area contributed by atoms with Crippen molar-refractivity contribution >= 4 is 29.2 Å². The lowest BCUT2D eigenvalue weighted by atomic mass is 10.1. The quantitative estimate of drug-likeness (QED) is 0.805. The van der Waals surface area contributed by atoms with Gasteiger partial charge in [0, 0.05) is 12.1 Å². The molecule has 2 rings (SSSR count). The fourth-order valence-corrected chi connectivity index (χ4v) is 2.11. The molecule has 2 aromatic carbocycles. The van der Waals surface area contributed by atoms with Crippen LogP contribution in [0.4, 0.5) is 14.5 Å². The van der Waals surface area contributed by atoms with Crippen molar-refractivity contribution in [2.75, 3.05) is 11.9 Å². The van der Waals surface area contributed by atoms with Crippen molar-refractivity contribution in [3.63, 3.8) is 0 Å². The minimum Gasteiger partial charge on any atom is -0.456 e. The number of hydrogen-bond acceptors (Lipinski definition) is 3. The Hall–Kier alpha value is -2.47. The van der Waals surface area contributed by atoms with Gasteiger partial charge < -0.3 is 10.1 Å². The lowest BCUT2D eigenvalue weighted by Gasteiger charge is -2.07. The van der Waals surface area contributed by atoms with Crippen LogP contribution in [0.2, 0.25) is 5.02 Å². The van der Waals surface area contributed by atoms with Crippen molar-refractivity contribution in [3.05, 3.63) is 64.7 Å². The molecule has 0 saturated carbocycles. The molecule has 0 aliphatic heterocycles. The molecular formula is C17H14ClF2NO3. The Kier molecular flexibility index (Phi) is 6.26. The van der Waals surface area contributed by atoms with Crippen LogP contribution in [0, 0.1) is 11.6 Å². The molecule has 0 spiro atoms. The number of aryl methyl sites for hydroxylation is 1. The molecule has 0 aliphatic rings. The second-order valence-corrected chi connectivity index (χ2v) is 5.34. The van der Waals surface area contributed by atoms with Gasteiger partial charge in [-0.1, -0.05) is 29.8 Å². The maximum Gasteiger partial charge on any atom is 0.306 e. The van der Waals surface area contributed by atoms with Gasteiger partial charge in [-0.25, -0.2) is 8.78 Å². The normalized spacial score (nSPS) is 10.3. The predicted molar refractivity (Wildman–Crippen MR) is 85.7 cm³/mol. The van der Waals surface area contributed by atoms with Crippen LogP contribution in [0.25, 0.3) is 0 Å². The number of benzene rings is 2. The summed E-state index contributed by atoms with van der Waals surface area (Å²) in [7, 11) is 0. The first-order valence-corrected chi connectivity index (χ1v) is 7.47. The first-order valence-electron chi connectivity index (χ1n) is 7.09. The van der Waals surface area contributed by atoms with E-state index in [9.17, 15) is 18.4 Å². The van der Waals surface area contributed by atoms with Crippen molar-refractivity contribution in [1.29, 1.82) is 0 Å². The molecule has 0 saturated heterocycles. The fourth-order valence-electron chi connectivity index (χ4n) is 1.93. The van der Waals surface area contributed by atoms with Crippen LogP contribution in [-0.2, 0) is 20.7 Å². The monoisotopic (exact) mass is 353 g/mol. The first kappa shape index (κ1) is 17.9. The molecule has 0 aliphatic carbocycles. The van der Waals surface area contributed by atoms with Crippen molar-refractivity contribution < 1.29 is 23.1 Å². The second-order valence-electron chi connectivity index (χ2n) is 4.93. The maximum atomic E-state index is 13.4. The summed E-state index contributed by atoms with van der Waals surface area (Å²) in [6, 6.07) is 9.80. The number of amides is 1. The topological polar surface area (TPSA) is 55.4 Å². The van der Waals surface area contributed by atoms with Crippen molar-refractivity contribution in [1.82, 2.24) is 0 Å². The highest BCUT2D eigenvalue weighted by atomic mass is 35.5. The zero-order valence-electron chi connectivity index (χ0n) is 12.5. The summed E-state index contributed by atoms with van der Waals surface area (Å²) in [6.07, 6.45) is 0.136. The van der Waals surface area contributed by atoms with Gasteiger partial charge >= 0.3 is 5.97 Å². The summed E-state index contributed by atoms with van der Waals surface area (Å²) in [5.74, 6) is -2.20. The third-order valence-electron chi connectivity index (χ3n) is 3.12. The number of nitrogens with one attached hydrogen (secondary N) is 1. The number of esters is 1. The van der Waals surface area contributed by atoms with Gasteiger partial charge in [0.25, 0.3) is 5.91 Å². The van der Waals surface area contributed by atoms with Crippen LogP contribution in [0.1, 0.15) is 12.0 Å². The molecule has 0 fully saturated rings. The molecule has 0 radical (unpaired) electrons. The van der Waals surface area contributed by atoms with Crippen LogP contribution in [0.15, 0.2) is 42.5 Å². The summed E-state index contributed by atoms with van der Waals surface area (Å²) < 4.78 is 31.2. The lowest BCUT2D eigenvalue weighted by molar-refractivity contribution is -0.147. The molecular weight excluding hydrogens is 340 g/mol. The van der Waals surface area contributed by atoms with E-state index in [1.807, 2.05) is 0 Å². The van der Waals surface area contributed by atoms with E-state index in [4.69, 9.17) is 16.3 Å². The maximum absolute atomic E-state index is 13.4. The molecule has 7 heteroatoms. The van der Waals surface area contributed by atoms with Crippen LogP contribution in [0.5, 0.6) is 0 Å². The Labute approximate surface area is 142 Å². The SMILES string of the molecule is O=C(COC(=O)CCc1ccccc1F)Nc1ccc(F)c(Cl)c1. The van der Waals surface area contributed by atoms with E-state index in [1.54, 1.807) is 18.2 Å². The number of ether oxygens (including phenoxy) is 1. The molecule has 2 aromatic rings. The van der Waals surface area contributed by atoms with E-state index in [0.29, 0.717) is 5.56 Å². The Morgan fingerprint density at radius 2 is 1.83 bits per heavy atom. The molecule has 4 nitrogen and oxygen atoms in total. The van der Waals surface area contributed by atoms with Crippen molar-refractivity contribution in [2.24, 2.45) is 0 Å². The van der Waals surface area contributed by atoms with Crippen LogP contribution in [0.3, 0.4) is 0 Å². The highest BCUT2D eigenvalue weighted by Gasteiger charge is 2.10. The second kappa shape index (κ2) is 8.40. The third kappa shape index (κ3) is 5.31. The number of carbonyl (C=O) groups is 2. The van der Waals surface area contributed by atoms with Gasteiger partial charge in [-0.3, -0.25) is 9.59 Å². The minimum absolute atomic E-state index is 0.0450. The zero-order chi connectivity index (χ0) is 17.5. The molecule has 1 amide bonds. The van der Waals surface area contributed by atoms with E-state index >= 15 is 0 Å². The summed E-state index contributed by atoms with van der Waals surface area (Å²) in [4.78, 5) is 23.2. The Balaban J connectivity index is 1.76. The van der Waals surface area contributed by atoms with Crippen LogP contribution >= 0.6 is 11.6 Å². The van der Waals surface area contributed by atoms with E-state index in [2.05, 4.69) is 5.32 Å². The zero-order valence-corrected chi connectivity index (χ0v) is 13.3. The number of rotatable bonds is 6. The molecule has 0 aromatic heterocycles. The van der Waals surface area contributed by atoms with E-state index < -0.39 is 30.1 Å². The predicted octanol–water partition coefficient (Wildman–Crippen LogP) is 3.73.